The van der Waals surface area contributed by atoms with E-state index >= 15 is 0 Å². The van der Waals surface area contributed by atoms with Gasteiger partial charge in [-0.3, -0.25) is 0 Å². The maximum atomic E-state index is 13.9. The number of anilines is 2. The second kappa shape index (κ2) is 9.83. The Hall–Kier alpha value is -3.09. The highest BCUT2D eigenvalue weighted by molar-refractivity contribution is 7.94. The van der Waals surface area contributed by atoms with E-state index in [-0.39, 0.29) is 22.5 Å². The predicted molar refractivity (Wildman–Crippen MR) is 150 cm³/mol. The fraction of sp³-hybridized carbons (Fsp3) is 0.481. The Labute approximate surface area is 232 Å². The molecule has 0 spiro atoms. The van der Waals surface area contributed by atoms with Gasteiger partial charge in [0.2, 0.25) is 14.2 Å². The lowest BCUT2D eigenvalue weighted by molar-refractivity contribution is 0.0985. The molecular weight excluding hydrogens is 536 g/mol. The van der Waals surface area contributed by atoms with Crippen molar-refractivity contribution in [2.45, 2.75) is 67.6 Å². The summed E-state index contributed by atoms with van der Waals surface area (Å²) in [7, 11) is -3.75. The number of aromatic nitrogens is 3. The van der Waals surface area contributed by atoms with Crippen LogP contribution in [-0.2, 0) is 19.3 Å². The number of hydrogen-bond donors (Lipinski definition) is 2. The van der Waals surface area contributed by atoms with Crippen LogP contribution in [0.4, 0.5) is 16.3 Å². The summed E-state index contributed by atoms with van der Waals surface area (Å²) in [5.41, 5.74) is 2.63. The molecule has 1 aliphatic heterocycles. The number of hydrogen-bond acceptors (Lipinski definition) is 9. The SMILES string of the molecule is Cc1nc(S(=O)(=O)C2(c3cc(N4CCOC[C@@H]4C)nc(-c4ccc(NC(=O)NC5CC5)cc4)n3)CC2)sc1C. The first-order chi connectivity index (χ1) is 18.7. The summed E-state index contributed by atoms with van der Waals surface area (Å²) in [5.74, 6) is 1.13. The molecule has 3 fully saturated rings. The number of amides is 2. The Morgan fingerprint density at radius 2 is 1.87 bits per heavy atom. The molecule has 12 heteroatoms. The first kappa shape index (κ1) is 26.1. The van der Waals surface area contributed by atoms with Crippen LogP contribution in [0.15, 0.2) is 34.7 Å². The Balaban J connectivity index is 1.37. The van der Waals surface area contributed by atoms with E-state index in [0.717, 1.165) is 29.0 Å². The number of benzene rings is 1. The van der Waals surface area contributed by atoms with E-state index in [2.05, 4.69) is 27.4 Å². The number of aryl methyl sites for hydroxylation is 2. The molecule has 1 saturated heterocycles. The van der Waals surface area contributed by atoms with Gasteiger partial charge in [-0.25, -0.2) is 28.2 Å². The van der Waals surface area contributed by atoms with Gasteiger partial charge in [-0.05, 0) is 70.7 Å². The molecule has 2 saturated carbocycles. The number of sulfone groups is 1. The van der Waals surface area contributed by atoms with Crippen LogP contribution in [0.2, 0.25) is 0 Å². The topological polar surface area (TPSA) is 126 Å². The standard InChI is InChI=1S/C27H32N6O4S2/c1-16-15-37-13-12-33(16)23-14-22(27(10-11-27)39(35,36)26-28-17(2)18(3)38-26)31-24(32-23)19-4-6-20(7-5-19)29-25(34)30-21-8-9-21/h4-7,14,16,21H,8-13,15H2,1-3H3,(H2,29,30,34)/t16-/m0/s1. The second-order valence-corrected chi connectivity index (χ2v) is 14.3. The minimum atomic E-state index is -3.75. The maximum Gasteiger partial charge on any atom is 0.319 e. The highest BCUT2D eigenvalue weighted by Gasteiger charge is 2.59. The normalized spacial score (nSPS) is 20.5. The molecule has 1 aromatic carbocycles. The van der Waals surface area contributed by atoms with Gasteiger partial charge in [0.1, 0.15) is 10.6 Å². The van der Waals surface area contributed by atoms with Crippen LogP contribution in [0.5, 0.6) is 0 Å². The lowest BCUT2D eigenvalue weighted by Crippen LogP contribution is -2.44. The van der Waals surface area contributed by atoms with E-state index in [4.69, 9.17) is 14.7 Å². The van der Waals surface area contributed by atoms with Gasteiger partial charge in [0.15, 0.2) is 5.82 Å². The number of urea groups is 1. The van der Waals surface area contributed by atoms with Crippen LogP contribution in [0, 0.1) is 13.8 Å². The van der Waals surface area contributed by atoms with Crippen molar-refractivity contribution in [3.63, 3.8) is 0 Å². The van der Waals surface area contributed by atoms with E-state index in [9.17, 15) is 13.2 Å². The number of rotatable bonds is 7. The van der Waals surface area contributed by atoms with E-state index in [1.807, 2.05) is 32.0 Å². The number of nitrogens with zero attached hydrogens (tertiary/aromatic N) is 4. The number of ether oxygens (including phenoxy) is 1. The highest BCUT2D eigenvalue weighted by atomic mass is 32.2. The molecule has 0 bridgehead atoms. The first-order valence-electron chi connectivity index (χ1n) is 13.3. The molecule has 2 aromatic heterocycles. The molecule has 0 unspecified atom stereocenters. The summed E-state index contributed by atoms with van der Waals surface area (Å²) in [4.78, 5) is 29.3. The zero-order chi connectivity index (χ0) is 27.4. The zero-order valence-corrected chi connectivity index (χ0v) is 23.9. The lowest BCUT2D eigenvalue weighted by Gasteiger charge is -2.34. The molecule has 2 N–H and O–H groups in total. The smallest absolute Gasteiger partial charge is 0.319 e. The third-order valence-corrected chi connectivity index (χ3v) is 11.6. The largest absolute Gasteiger partial charge is 0.377 e. The van der Waals surface area contributed by atoms with Crippen LogP contribution in [0.1, 0.15) is 48.9 Å². The fourth-order valence-corrected chi connectivity index (χ4v) is 8.34. The molecule has 1 atom stereocenters. The van der Waals surface area contributed by atoms with Gasteiger partial charge in [-0.2, -0.15) is 0 Å². The van der Waals surface area contributed by atoms with E-state index in [1.165, 1.54) is 11.3 Å². The maximum absolute atomic E-state index is 13.9. The van der Waals surface area contributed by atoms with Gasteiger partial charge in [-0.1, -0.05) is 0 Å². The minimum absolute atomic E-state index is 0.0851. The van der Waals surface area contributed by atoms with Crippen molar-refractivity contribution in [2.24, 2.45) is 0 Å². The molecule has 3 aromatic rings. The van der Waals surface area contributed by atoms with E-state index in [1.54, 1.807) is 12.1 Å². The van der Waals surface area contributed by atoms with Crippen molar-refractivity contribution < 1.29 is 17.9 Å². The summed E-state index contributed by atoms with van der Waals surface area (Å²) in [5, 5.41) is 5.76. The Morgan fingerprint density at radius 1 is 1.13 bits per heavy atom. The van der Waals surface area contributed by atoms with Crippen LogP contribution >= 0.6 is 11.3 Å². The second-order valence-electron chi connectivity index (χ2n) is 10.6. The number of morpholine rings is 1. The highest BCUT2D eigenvalue weighted by Crippen LogP contribution is 2.55. The average molecular weight is 569 g/mol. The number of nitrogens with one attached hydrogen (secondary N) is 2. The number of carbonyl (C=O) groups is 1. The van der Waals surface area contributed by atoms with Gasteiger partial charge in [0.05, 0.1) is 30.6 Å². The molecular formula is C27H32N6O4S2. The number of thiazole rings is 1. The molecule has 206 valence electrons. The van der Waals surface area contributed by atoms with Gasteiger partial charge < -0.3 is 20.3 Å². The quantitative estimate of drug-likeness (QED) is 0.435. The summed E-state index contributed by atoms with van der Waals surface area (Å²) >= 11 is 1.22. The third kappa shape index (κ3) is 5.01. The fourth-order valence-electron chi connectivity index (χ4n) is 4.80. The first-order valence-corrected chi connectivity index (χ1v) is 15.6. The Bertz CT molecular complexity index is 1490. The van der Waals surface area contributed by atoms with Crippen molar-refractivity contribution in [2.75, 3.05) is 30.0 Å². The van der Waals surface area contributed by atoms with Crippen LogP contribution in [-0.4, -0.2) is 61.2 Å². The molecule has 10 nitrogen and oxygen atoms in total. The lowest BCUT2D eigenvalue weighted by atomic mass is 10.1. The summed E-state index contributed by atoms with van der Waals surface area (Å²) < 4.78 is 32.5. The summed E-state index contributed by atoms with van der Waals surface area (Å²) in [6.07, 6.45) is 3.01. The van der Waals surface area contributed by atoms with Crippen molar-refractivity contribution in [1.29, 1.82) is 0 Å². The summed E-state index contributed by atoms with van der Waals surface area (Å²) in [6, 6.07) is 9.27. The van der Waals surface area contributed by atoms with Crippen molar-refractivity contribution in [1.82, 2.24) is 20.3 Å². The van der Waals surface area contributed by atoms with Crippen LogP contribution < -0.4 is 15.5 Å². The molecule has 0 radical (unpaired) electrons. The third-order valence-electron chi connectivity index (χ3n) is 7.61. The molecule has 3 aliphatic rings. The van der Waals surface area contributed by atoms with Gasteiger partial charge in [0, 0.05) is 34.8 Å². The minimum Gasteiger partial charge on any atom is -0.377 e. The molecule has 39 heavy (non-hydrogen) atoms. The van der Waals surface area contributed by atoms with Gasteiger partial charge in [-0.15, -0.1) is 11.3 Å². The predicted octanol–water partition coefficient (Wildman–Crippen LogP) is 4.19. The zero-order valence-electron chi connectivity index (χ0n) is 22.2. The van der Waals surface area contributed by atoms with Gasteiger partial charge in [0.25, 0.3) is 0 Å². The van der Waals surface area contributed by atoms with Crippen molar-refractivity contribution >= 4 is 38.7 Å². The molecule has 2 aliphatic carbocycles. The van der Waals surface area contributed by atoms with Crippen molar-refractivity contribution in [3.05, 3.63) is 46.6 Å². The summed E-state index contributed by atoms with van der Waals surface area (Å²) in [6.45, 7) is 7.58. The monoisotopic (exact) mass is 568 g/mol. The van der Waals surface area contributed by atoms with Crippen LogP contribution in [0.25, 0.3) is 11.4 Å². The molecule has 6 rings (SSSR count). The number of carbonyl (C=O) groups excluding carboxylic acids is 1. The Kier molecular flexibility index (Phi) is 6.59. The molecule has 2 amide bonds. The average Bonchev–Trinajstić information content (AvgIpc) is 3.84. The molecule has 3 heterocycles. The van der Waals surface area contributed by atoms with E-state index < -0.39 is 14.6 Å². The van der Waals surface area contributed by atoms with Crippen molar-refractivity contribution in [3.8, 4) is 11.4 Å². The van der Waals surface area contributed by atoms with Gasteiger partial charge >= 0.3 is 6.03 Å². The Morgan fingerprint density at radius 3 is 2.49 bits per heavy atom. The van der Waals surface area contributed by atoms with Crippen LogP contribution in [0.3, 0.4) is 0 Å². The van der Waals surface area contributed by atoms with E-state index in [0.29, 0.717) is 55.6 Å².